The molecule has 0 radical (unpaired) electrons. The third-order valence-corrected chi connectivity index (χ3v) is 4.18. The molecule has 27 heavy (non-hydrogen) atoms. The van der Waals surface area contributed by atoms with Gasteiger partial charge in [-0.15, -0.1) is 0 Å². The Bertz CT molecular complexity index is 864. The first kappa shape index (κ1) is 21.3. The molecule has 0 aliphatic carbocycles. The second kappa shape index (κ2) is 7.92. The van der Waals surface area contributed by atoms with Crippen molar-refractivity contribution in [2.45, 2.75) is 59.9 Å². The van der Waals surface area contributed by atoms with Crippen LogP contribution in [0.1, 0.15) is 51.8 Å². The highest BCUT2D eigenvalue weighted by atomic mass is 19.4. The van der Waals surface area contributed by atoms with Crippen LogP contribution in [0.5, 0.6) is 5.75 Å². The fourth-order valence-corrected chi connectivity index (χ4v) is 2.92. The summed E-state index contributed by atoms with van der Waals surface area (Å²) in [6.45, 7) is 7.89. The number of hydrogen-bond acceptors (Lipinski definition) is 3. The summed E-state index contributed by atoms with van der Waals surface area (Å²) in [5, 5.41) is 10.1. The van der Waals surface area contributed by atoms with Gasteiger partial charge in [0.05, 0.1) is 29.9 Å². The van der Waals surface area contributed by atoms with E-state index in [2.05, 4.69) is 0 Å². The molecule has 0 aliphatic rings. The summed E-state index contributed by atoms with van der Waals surface area (Å²) in [7, 11) is 0. The number of unbranched alkanes of at least 4 members (excludes halogenated alkanes) is 1. The molecule has 150 valence electrons. The summed E-state index contributed by atoms with van der Waals surface area (Å²) < 4.78 is 46.6. The van der Waals surface area contributed by atoms with Crippen molar-refractivity contribution in [3.8, 4) is 5.75 Å². The second-order valence-corrected chi connectivity index (χ2v) is 7.85. The fourth-order valence-electron chi connectivity index (χ4n) is 2.92. The van der Waals surface area contributed by atoms with Gasteiger partial charge in [-0.1, -0.05) is 34.1 Å². The average molecular weight is 385 g/mol. The third-order valence-electron chi connectivity index (χ3n) is 4.18. The van der Waals surface area contributed by atoms with Crippen molar-refractivity contribution in [2.75, 3.05) is 6.61 Å². The summed E-state index contributed by atoms with van der Waals surface area (Å²) in [6.07, 6.45) is -2.91. The highest BCUT2D eigenvalue weighted by Crippen LogP contribution is 2.35. The normalized spacial score (nSPS) is 12.6. The fraction of sp³-hybridized carbons (Fsp3) is 0.550. The highest BCUT2D eigenvalue weighted by molar-refractivity contribution is 5.89. The van der Waals surface area contributed by atoms with Crippen molar-refractivity contribution in [3.63, 3.8) is 0 Å². The van der Waals surface area contributed by atoms with E-state index >= 15 is 0 Å². The monoisotopic (exact) mass is 385 g/mol. The molecular formula is C20H26F3NO3. The van der Waals surface area contributed by atoms with Crippen LogP contribution >= 0.6 is 0 Å². The molecule has 0 saturated heterocycles. The van der Waals surface area contributed by atoms with Gasteiger partial charge in [-0.05, 0) is 30.0 Å². The number of ether oxygens (including phenoxy) is 1. The molecule has 0 unspecified atom stereocenters. The van der Waals surface area contributed by atoms with Crippen LogP contribution in [0.15, 0.2) is 23.0 Å². The molecule has 1 N–H and O–H groups in total. The number of benzene rings is 1. The van der Waals surface area contributed by atoms with Gasteiger partial charge in [-0.2, -0.15) is 13.2 Å². The molecule has 2 rings (SSSR count). The van der Waals surface area contributed by atoms with E-state index in [0.29, 0.717) is 17.7 Å². The van der Waals surface area contributed by atoms with E-state index < -0.39 is 23.9 Å². The van der Waals surface area contributed by atoms with Gasteiger partial charge in [-0.25, -0.2) is 0 Å². The zero-order chi connectivity index (χ0) is 20.4. The van der Waals surface area contributed by atoms with Gasteiger partial charge in [0.25, 0.3) is 5.56 Å². The molecular weight excluding hydrogens is 359 g/mol. The number of pyridine rings is 1. The molecule has 0 bridgehead atoms. The summed E-state index contributed by atoms with van der Waals surface area (Å²) in [5.41, 5.74) is -1.47. The second-order valence-electron chi connectivity index (χ2n) is 7.85. The standard InChI is InChI=1S/C20H26F3NO3/c1-5-6-9-27-17-14-8-7-13(20(21,22)23)10-15(14)18(26)24(16(17)11-25)12-19(2,3)4/h7-8,10,25H,5-6,9,11-12H2,1-4H3. The predicted octanol–water partition coefficient (Wildman–Crippen LogP) is 4.74. The number of fused-ring (bicyclic) bond motifs is 1. The molecule has 0 aliphatic heterocycles. The highest BCUT2D eigenvalue weighted by Gasteiger charge is 2.31. The Kier molecular flexibility index (Phi) is 6.24. The molecule has 4 nitrogen and oxygen atoms in total. The van der Waals surface area contributed by atoms with E-state index in [1.165, 1.54) is 10.6 Å². The number of aliphatic hydroxyl groups excluding tert-OH is 1. The maximum absolute atomic E-state index is 13.1. The minimum atomic E-state index is -4.55. The van der Waals surface area contributed by atoms with Crippen molar-refractivity contribution in [1.29, 1.82) is 0 Å². The predicted molar refractivity (Wildman–Crippen MR) is 99.0 cm³/mol. The third kappa shape index (κ3) is 4.83. The van der Waals surface area contributed by atoms with Gasteiger partial charge >= 0.3 is 6.18 Å². The topological polar surface area (TPSA) is 51.5 Å². The van der Waals surface area contributed by atoms with Crippen molar-refractivity contribution in [2.24, 2.45) is 5.41 Å². The van der Waals surface area contributed by atoms with Crippen LogP contribution in [0.2, 0.25) is 0 Å². The van der Waals surface area contributed by atoms with Gasteiger partial charge in [0.15, 0.2) is 0 Å². The Morgan fingerprint density at radius 1 is 1.15 bits per heavy atom. The van der Waals surface area contributed by atoms with Crippen LogP contribution in [0.3, 0.4) is 0 Å². The van der Waals surface area contributed by atoms with E-state index in [0.717, 1.165) is 25.0 Å². The van der Waals surface area contributed by atoms with Crippen LogP contribution in [0.4, 0.5) is 13.2 Å². The number of aromatic nitrogens is 1. The molecule has 1 aromatic heterocycles. The van der Waals surface area contributed by atoms with Gasteiger partial charge in [0, 0.05) is 11.9 Å². The minimum absolute atomic E-state index is 0.0576. The van der Waals surface area contributed by atoms with Gasteiger partial charge in [0.1, 0.15) is 5.75 Å². The van der Waals surface area contributed by atoms with Crippen LogP contribution < -0.4 is 10.3 Å². The molecule has 2 aromatic rings. The molecule has 0 atom stereocenters. The SMILES string of the molecule is CCCCOc1c(CO)n(CC(C)(C)C)c(=O)c2cc(C(F)(F)F)ccc12. The Hall–Kier alpha value is -2.02. The number of aliphatic hydroxyl groups is 1. The Morgan fingerprint density at radius 2 is 1.81 bits per heavy atom. The molecule has 0 spiro atoms. The quantitative estimate of drug-likeness (QED) is 0.731. The average Bonchev–Trinajstić information content (AvgIpc) is 2.56. The smallest absolute Gasteiger partial charge is 0.416 e. The Balaban J connectivity index is 2.81. The number of halogens is 3. The van der Waals surface area contributed by atoms with E-state index in [1.807, 2.05) is 27.7 Å². The molecule has 0 saturated carbocycles. The molecule has 1 heterocycles. The largest absolute Gasteiger partial charge is 0.491 e. The lowest BCUT2D eigenvalue weighted by Crippen LogP contribution is -2.30. The maximum atomic E-state index is 13.1. The van der Waals surface area contributed by atoms with Gasteiger partial charge in [0.2, 0.25) is 0 Å². The molecule has 0 amide bonds. The van der Waals surface area contributed by atoms with Gasteiger partial charge in [-0.3, -0.25) is 4.79 Å². The summed E-state index contributed by atoms with van der Waals surface area (Å²) in [6, 6.07) is 3.05. The Morgan fingerprint density at radius 3 is 2.33 bits per heavy atom. The number of nitrogens with zero attached hydrogens (tertiary/aromatic N) is 1. The number of hydrogen-bond donors (Lipinski definition) is 1. The van der Waals surface area contributed by atoms with Crippen molar-refractivity contribution in [1.82, 2.24) is 4.57 Å². The van der Waals surface area contributed by atoms with Crippen LogP contribution in [-0.2, 0) is 19.3 Å². The van der Waals surface area contributed by atoms with Crippen LogP contribution in [0.25, 0.3) is 10.8 Å². The zero-order valence-electron chi connectivity index (χ0n) is 16.1. The van der Waals surface area contributed by atoms with E-state index in [1.54, 1.807) is 0 Å². The molecule has 0 fully saturated rings. The van der Waals surface area contributed by atoms with Crippen molar-refractivity contribution in [3.05, 3.63) is 39.8 Å². The summed E-state index contributed by atoms with van der Waals surface area (Å²) in [4.78, 5) is 13.0. The lowest BCUT2D eigenvalue weighted by molar-refractivity contribution is -0.137. The van der Waals surface area contributed by atoms with Crippen molar-refractivity contribution < 1.29 is 23.0 Å². The molecule has 7 heteroatoms. The number of rotatable bonds is 6. The van der Waals surface area contributed by atoms with Crippen LogP contribution in [0, 0.1) is 5.41 Å². The Labute approximate surface area is 156 Å². The van der Waals surface area contributed by atoms with Gasteiger partial charge < -0.3 is 14.4 Å². The minimum Gasteiger partial charge on any atom is -0.491 e. The maximum Gasteiger partial charge on any atom is 0.416 e. The van der Waals surface area contributed by atoms with Crippen LogP contribution in [-0.4, -0.2) is 16.3 Å². The summed E-state index contributed by atoms with van der Waals surface area (Å²) in [5.74, 6) is 0.276. The van der Waals surface area contributed by atoms with E-state index in [-0.39, 0.29) is 23.1 Å². The first-order valence-electron chi connectivity index (χ1n) is 9.00. The first-order valence-corrected chi connectivity index (χ1v) is 9.00. The van der Waals surface area contributed by atoms with E-state index in [9.17, 15) is 23.1 Å². The van der Waals surface area contributed by atoms with Crippen molar-refractivity contribution >= 4 is 10.8 Å². The zero-order valence-corrected chi connectivity index (χ0v) is 16.1. The first-order chi connectivity index (χ1) is 12.5. The van der Waals surface area contributed by atoms with E-state index in [4.69, 9.17) is 4.74 Å². The lowest BCUT2D eigenvalue weighted by Gasteiger charge is -2.25. The summed E-state index contributed by atoms with van der Waals surface area (Å²) >= 11 is 0. The molecule has 1 aromatic carbocycles. The number of alkyl halides is 3. The lowest BCUT2D eigenvalue weighted by atomic mass is 9.96.